The van der Waals surface area contributed by atoms with E-state index in [2.05, 4.69) is 10.3 Å². The fourth-order valence-electron chi connectivity index (χ4n) is 3.37. The molecule has 150 valence electrons. The van der Waals surface area contributed by atoms with E-state index in [4.69, 9.17) is 0 Å². The third-order valence-electron chi connectivity index (χ3n) is 4.86. The van der Waals surface area contributed by atoms with Crippen LogP contribution in [0.15, 0.2) is 79.1 Å². The molecular weight excluding hydrogens is 398 g/mol. The van der Waals surface area contributed by atoms with Crippen LogP contribution in [0.5, 0.6) is 0 Å². The lowest BCUT2D eigenvalue weighted by molar-refractivity contribution is -0.128. The van der Waals surface area contributed by atoms with Gasteiger partial charge >= 0.3 is 0 Å². The summed E-state index contributed by atoms with van der Waals surface area (Å²) in [7, 11) is 0. The smallest absolute Gasteiger partial charge is 0.248 e. The number of amides is 2. The Labute approximate surface area is 178 Å². The number of carbonyl (C=O) groups excluding carboxylic acids is 3. The molecule has 0 spiro atoms. The number of hydrogen-bond donors (Lipinski definition) is 1. The summed E-state index contributed by atoms with van der Waals surface area (Å²) in [5.41, 5.74) is 2.46. The van der Waals surface area contributed by atoms with Gasteiger partial charge in [-0.05, 0) is 18.2 Å². The van der Waals surface area contributed by atoms with Crippen LogP contribution in [-0.2, 0) is 9.59 Å². The number of thioether (sulfide) groups is 1. The van der Waals surface area contributed by atoms with Crippen molar-refractivity contribution in [3.8, 4) is 0 Å². The first-order valence-electron chi connectivity index (χ1n) is 9.42. The van der Waals surface area contributed by atoms with Crippen molar-refractivity contribution in [2.45, 2.75) is 11.4 Å². The molecule has 0 bridgehead atoms. The minimum atomic E-state index is -0.605. The number of hydrogen-bond acceptors (Lipinski definition) is 5. The van der Waals surface area contributed by atoms with Crippen molar-refractivity contribution in [3.05, 3.63) is 95.8 Å². The number of aromatic nitrogens is 1. The number of pyridine rings is 1. The molecule has 1 saturated heterocycles. The number of anilines is 1. The van der Waals surface area contributed by atoms with Crippen LogP contribution >= 0.6 is 11.8 Å². The molecule has 1 fully saturated rings. The highest BCUT2D eigenvalue weighted by Crippen LogP contribution is 2.40. The van der Waals surface area contributed by atoms with Crippen molar-refractivity contribution in [1.82, 2.24) is 9.88 Å². The lowest BCUT2D eigenvalue weighted by atomic mass is 10.0. The topological polar surface area (TPSA) is 79.4 Å². The number of ketones is 1. The highest BCUT2D eigenvalue weighted by molar-refractivity contribution is 7.99. The van der Waals surface area contributed by atoms with Crippen LogP contribution in [0.2, 0.25) is 0 Å². The first-order valence-corrected chi connectivity index (χ1v) is 10.5. The van der Waals surface area contributed by atoms with Crippen LogP contribution in [0, 0.1) is 0 Å². The van der Waals surface area contributed by atoms with Crippen molar-refractivity contribution < 1.29 is 14.4 Å². The van der Waals surface area contributed by atoms with E-state index in [1.54, 1.807) is 48.8 Å². The van der Waals surface area contributed by atoms with Gasteiger partial charge in [0.2, 0.25) is 12.3 Å². The molecule has 1 aliphatic heterocycles. The molecule has 3 aromatic rings. The molecule has 1 N–H and O–H groups in total. The van der Waals surface area contributed by atoms with E-state index in [0.29, 0.717) is 29.0 Å². The molecule has 2 atom stereocenters. The average molecular weight is 417 g/mol. The first-order chi connectivity index (χ1) is 14.7. The van der Waals surface area contributed by atoms with Crippen molar-refractivity contribution in [2.75, 3.05) is 11.1 Å². The summed E-state index contributed by atoms with van der Waals surface area (Å²) in [6.45, 7) is 0. The molecule has 2 heterocycles. The quantitative estimate of drug-likeness (QED) is 0.490. The van der Waals surface area contributed by atoms with E-state index in [9.17, 15) is 14.4 Å². The second-order valence-electron chi connectivity index (χ2n) is 6.81. The molecule has 0 saturated carbocycles. The normalized spacial score (nSPS) is 18.1. The Bertz CT molecular complexity index is 1060. The summed E-state index contributed by atoms with van der Waals surface area (Å²) in [6, 6.07) is 18.9. The minimum absolute atomic E-state index is 0.116. The molecule has 4 rings (SSSR count). The fraction of sp³-hybridized carbons (Fsp3) is 0.130. The van der Waals surface area contributed by atoms with E-state index in [0.717, 1.165) is 5.56 Å². The zero-order chi connectivity index (χ0) is 20.9. The number of rotatable bonds is 6. The predicted molar refractivity (Wildman–Crippen MR) is 116 cm³/mol. The lowest BCUT2D eigenvalue weighted by Gasteiger charge is -2.24. The zero-order valence-electron chi connectivity index (χ0n) is 16.0. The van der Waals surface area contributed by atoms with Gasteiger partial charge in [0.25, 0.3) is 0 Å². The van der Waals surface area contributed by atoms with Crippen LogP contribution in [0.4, 0.5) is 5.69 Å². The Morgan fingerprint density at radius 2 is 1.83 bits per heavy atom. The second-order valence-corrected chi connectivity index (χ2v) is 7.92. The summed E-state index contributed by atoms with van der Waals surface area (Å²) < 4.78 is 0. The predicted octanol–water partition coefficient (Wildman–Crippen LogP) is 3.52. The van der Waals surface area contributed by atoms with Crippen LogP contribution in [0.1, 0.15) is 26.9 Å². The van der Waals surface area contributed by atoms with Gasteiger partial charge in [0, 0.05) is 40.5 Å². The fourth-order valence-corrected chi connectivity index (χ4v) is 4.76. The summed E-state index contributed by atoms with van der Waals surface area (Å²) in [5.74, 6) is 0.0758. The Balaban J connectivity index is 1.49. The van der Waals surface area contributed by atoms with E-state index in [-0.39, 0.29) is 17.1 Å². The van der Waals surface area contributed by atoms with Crippen molar-refractivity contribution in [1.29, 1.82) is 0 Å². The highest BCUT2D eigenvalue weighted by Gasteiger charge is 2.38. The van der Waals surface area contributed by atoms with Crippen LogP contribution in [-0.4, -0.2) is 39.8 Å². The molecule has 30 heavy (non-hydrogen) atoms. The van der Waals surface area contributed by atoms with Gasteiger partial charge in [0.05, 0.1) is 0 Å². The van der Waals surface area contributed by atoms with Crippen molar-refractivity contribution in [3.63, 3.8) is 0 Å². The molecule has 7 heteroatoms. The van der Waals surface area contributed by atoms with Gasteiger partial charge in [-0.15, -0.1) is 11.8 Å². The maximum atomic E-state index is 12.9. The van der Waals surface area contributed by atoms with E-state index in [1.165, 1.54) is 16.7 Å². The molecule has 1 aromatic heterocycles. The summed E-state index contributed by atoms with van der Waals surface area (Å²) >= 11 is 1.52. The Hall–Kier alpha value is -3.45. The summed E-state index contributed by atoms with van der Waals surface area (Å²) in [4.78, 5) is 42.9. The Morgan fingerprint density at radius 3 is 2.57 bits per heavy atom. The van der Waals surface area contributed by atoms with Crippen LogP contribution < -0.4 is 5.32 Å². The third-order valence-corrected chi connectivity index (χ3v) is 6.20. The van der Waals surface area contributed by atoms with Gasteiger partial charge in [-0.25, -0.2) is 0 Å². The number of benzene rings is 2. The van der Waals surface area contributed by atoms with E-state index in [1.807, 2.05) is 30.3 Å². The third kappa shape index (κ3) is 4.11. The zero-order valence-corrected chi connectivity index (χ0v) is 16.8. The average Bonchev–Trinajstić information content (AvgIpc) is 3.24. The molecule has 0 radical (unpaired) electrons. The van der Waals surface area contributed by atoms with Crippen LogP contribution in [0.3, 0.4) is 0 Å². The molecule has 2 amide bonds. The van der Waals surface area contributed by atoms with Crippen molar-refractivity contribution in [2.24, 2.45) is 0 Å². The molecule has 1 aliphatic rings. The second kappa shape index (κ2) is 8.92. The number of nitrogens with zero attached hydrogens (tertiary/aromatic N) is 2. The van der Waals surface area contributed by atoms with Crippen molar-refractivity contribution >= 4 is 35.5 Å². The maximum absolute atomic E-state index is 12.9. The molecule has 2 aromatic carbocycles. The summed E-state index contributed by atoms with van der Waals surface area (Å²) in [5, 5.41) is 2.59. The largest absolute Gasteiger partial charge is 0.324 e. The monoisotopic (exact) mass is 417 g/mol. The van der Waals surface area contributed by atoms with Crippen LogP contribution in [0.25, 0.3) is 0 Å². The molecular formula is C23H19N3O3S. The molecule has 6 nitrogen and oxygen atoms in total. The highest BCUT2D eigenvalue weighted by atomic mass is 32.2. The number of nitrogens with one attached hydrogen (secondary N) is 1. The number of carbonyl (C=O) groups is 3. The van der Waals surface area contributed by atoms with E-state index >= 15 is 0 Å². The summed E-state index contributed by atoms with van der Waals surface area (Å²) in [6.07, 6.45) is 4.08. The van der Waals surface area contributed by atoms with Gasteiger partial charge < -0.3 is 10.2 Å². The van der Waals surface area contributed by atoms with Gasteiger partial charge in [0.1, 0.15) is 11.4 Å². The molecule has 0 aliphatic carbocycles. The Morgan fingerprint density at radius 1 is 1.03 bits per heavy atom. The van der Waals surface area contributed by atoms with Gasteiger partial charge in [-0.2, -0.15) is 0 Å². The van der Waals surface area contributed by atoms with E-state index < -0.39 is 6.04 Å². The van der Waals surface area contributed by atoms with Gasteiger partial charge in [0.15, 0.2) is 5.78 Å². The lowest BCUT2D eigenvalue weighted by Crippen LogP contribution is -2.41. The minimum Gasteiger partial charge on any atom is -0.324 e. The SMILES string of the molecule is O=CN1C(C(=O)Nc2cccc(C(=O)c3ccccc3)c2)CSC1c1cccnc1. The first kappa shape index (κ1) is 19.8. The standard InChI is InChI=1S/C23H19N3O3S/c27-15-26-20(14-30-23(26)18-9-5-11-24-13-18)22(29)25-19-10-4-8-17(12-19)21(28)16-6-2-1-3-7-16/h1-13,15,20,23H,14H2,(H,25,29). The van der Waals surface area contributed by atoms with Gasteiger partial charge in [-0.3, -0.25) is 19.4 Å². The molecule has 2 unspecified atom stereocenters. The van der Waals surface area contributed by atoms with Gasteiger partial charge in [-0.1, -0.05) is 48.5 Å². The maximum Gasteiger partial charge on any atom is 0.248 e. The Kier molecular flexibility index (Phi) is 5.90.